The fraction of sp³-hybridized carbons (Fsp3) is 0.158. The Labute approximate surface area is 126 Å². The van der Waals surface area contributed by atoms with Gasteiger partial charge in [0, 0.05) is 15.3 Å². The Morgan fingerprint density at radius 3 is 2.65 bits per heavy atom. The largest absolute Gasteiger partial charge is 0.0744 e. The second kappa shape index (κ2) is 3.95. The van der Waals surface area contributed by atoms with E-state index in [-0.39, 0.29) is 5.41 Å². The monoisotopic (exact) mass is 322 g/mol. The molecule has 0 atom stereocenters. The molecule has 0 N–H and O–H groups in total. The van der Waals surface area contributed by atoms with Crippen LogP contribution in [0, 0.1) is 0 Å². The predicted molar refractivity (Wildman–Crippen MR) is 91.0 cm³/mol. The number of benzene rings is 2. The number of hydrogen-bond donors (Lipinski definition) is 0. The minimum absolute atomic E-state index is 0.0696. The molecule has 2 aliphatic rings. The summed E-state index contributed by atoms with van der Waals surface area (Å²) in [6, 6.07) is 6.48. The molecule has 0 spiro atoms. The third-order valence-corrected chi connectivity index (χ3v) is 5.01. The average Bonchev–Trinajstić information content (AvgIpc) is 2.87. The van der Waals surface area contributed by atoms with Gasteiger partial charge in [-0.25, -0.2) is 0 Å². The minimum Gasteiger partial charge on any atom is -0.0744 e. The maximum Gasteiger partial charge on any atom is 0.0260 e. The molecule has 0 fully saturated rings. The van der Waals surface area contributed by atoms with E-state index in [0.717, 1.165) is 0 Å². The van der Waals surface area contributed by atoms with Crippen LogP contribution in [-0.4, -0.2) is 0 Å². The highest BCUT2D eigenvalue weighted by Gasteiger charge is 2.26. The molecule has 2 aromatic carbocycles. The van der Waals surface area contributed by atoms with Crippen LogP contribution < -0.4 is 10.4 Å². The average molecular weight is 323 g/mol. The second-order valence-electron chi connectivity index (χ2n) is 6.05. The van der Waals surface area contributed by atoms with E-state index in [9.17, 15) is 0 Å². The van der Waals surface area contributed by atoms with Crippen molar-refractivity contribution >= 4 is 44.9 Å². The zero-order chi connectivity index (χ0) is 13.9. The van der Waals surface area contributed by atoms with E-state index >= 15 is 0 Å². The van der Waals surface area contributed by atoms with Crippen LogP contribution in [0.3, 0.4) is 0 Å². The van der Waals surface area contributed by atoms with Crippen LogP contribution in [0.15, 0.2) is 40.9 Å². The summed E-state index contributed by atoms with van der Waals surface area (Å²) >= 11 is 3.74. The van der Waals surface area contributed by atoms with E-state index in [0.29, 0.717) is 0 Å². The van der Waals surface area contributed by atoms with E-state index in [1.165, 1.54) is 36.8 Å². The van der Waals surface area contributed by atoms with Gasteiger partial charge in [0.15, 0.2) is 0 Å². The molecule has 0 unspecified atom stereocenters. The third-order valence-electron chi connectivity index (χ3n) is 4.35. The molecule has 98 valence electrons. The summed E-state index contributed by atoms with van der Waals surface area (Å²) in [6.07, 6.45) is 13.4. The summed E-state index contributed by atoms with van der Waals surface area (Å²) in [5.74, 6) is 0. The highest BCUT2D eigenvalue weighted by molar-refractivity contribution is 9.10. The molecule has 20 heavy (non-hydrogen) atoms. The van der Waals surface area contributed by atoms with Crippen LogP contribution in [-0.2, 0) is 5.41 Å². The van der Waals surface area contributed by atoms with E-state index in [1.807, 2.05) is 0 Å². The lowest BCUT2D eigenvalue weighted by Crippen LogP contribution is -2.32. The van der Waals surface area contributed by atoms with Crippen LogP contribution in [0.25, 0.3) is 29.0 Å². The lowest BCUT2D eigenvalue weighted by molar-refractivity contribution is 0.661. The standard InChI is InChI=1S/C19H15Br/c1-19(2)11-5-9-15-17-13(7-4-10-16(17)20)12-6-3-8-14(12)18(15)19/h3-11H,1-2H3. The number of hydrogen-bond acceptors (Lipinski definition) is 0. The van der Waals surface area contributed by atoms with Crippen LogP contribution in [0.5, 0.6) is 0 Å². The summed E-state index contributed by atoms with van der Waals surface area (Å²) in [7, 11) is 0. The molecule has 0 aliphatic heterocycles. The highest BCUT2D eigenvalue weighted by Crippen LogP contribution is 2.31. The summed E-state index contributed by atoms with van der Waals surface area (Å²) in [5, 5.41) is 5.38. The van der Waals surface area contributed by atoms with Gasteiger partial charge in [-0.2, -0.15) is 0 Å². The molecule has 2 aliphatic carbocycles. The first kappa shape index (κ1) is 12.2. The van der Waals surface area contributed by atoms with Gasteiger partial charge in [-0.3, -0.25) is 0 Å². The predicted octanol–water partition coefficient (Wildman–Crippen LogP) is 4.04. The summed E-state index contributed by atoms with van der Waals surface area (Å²) in [6.45, 7) is 4.59. The van der Waals surface area contributed by atoms with Crippen molar-refractivity contribution < 1.29 is 0 Å². The molecular formula is C19H15Br. The Morgan fingerprint density at radius 2 is 1.80 bits per heavy atom. The molecule has 0 radical (unpaired) electrons. The van der Waals surface area contributed by atoms with Crippen LogP contribution in [0.4, 0.5) is 0 Å². The first-order valence-corrected chi connectivity index (χ1v) is 7.71. The number of fused-ring (bicyclic) bond motifs is 6. The van der Waals surface area contributed by atoms with Gasteiger partial charge in [-0.1, -0.05) is 78.4 Å². The highest BCUT2D eigenvalue weighted by atomic mass is 79.9. The molecule has 0 saturated heterocycles. The van der Waals surface area contributed by atoms with Crippen LogP contribution in [0.2, 0.25) is 0 Å². The molecule has 1 heteroatoms. The summed E-state index contributed by atoms with van der Waals surface area (Å²) < 4.78 is 1.18. The van der Waals surface area contributed by atoms with Gasteiger partial charge in [-0.15, -0.1) is 0 Å². The normalized spacial score (nSPS) is 17.6. The van der Waals surface area contributed by atoms with Crippen molar-refractivity contribution in [1.29, 1.82) is 0 Å². The van der Waals surface area contributed by atoms with Crippen molar-refractivity contribution in [1.82, 2.24) is 0 Å². The van der Waals surface area contributed by atoms with Crippen LogP contribution >= 0.6 is 15.9 Å². The van der Waals surface area contributed by atoms with Gasteiger partial charge in [-0.05, 0) is 33.0 Å². The van der Waals surface area contributed by atoms with Crippen molar-refractivity contribution in [3.8, 4) is 0 Å². The fourth-order valence-corrected chi connectivity index (χ4v) is 4.07. The Hall–Kier alpha value is -1.60. The van der Waals surface area contributed by atoms with E-state index in [4.69, 9.17) is 0 Å². The van der Waals surface area contributed by atoms with E-state index in [2.05, 4.69) is 84.4 Å². The molecular weight excluding hydrogens is 308 g/mol. The summed E-state index contributed by atoms with van der Waals surface area (Å²) in [5.41, 5.74) is 2.90. The van der Waals surface area contributed by atoms with Crippen LogP contribution in [0.1, 0.15) is 25.0 Å². The third kappa shape index (κ3) is 1.47. The molecule has 0 saturated carbocycles. The van der Waals surface area contributed by atoms with Gasteiger partial charge < -0.3 is 0 Å². The van der Waals surface area contributed by atoms with Crippen molar-refractivity contribution in [2.24, 2.45) is 0 Å². The zero-order valence-corrected chi connectivity index (χ0v) is 13.2. The Bertz CT molecular complexity index is 925. The second-order valence-corrected chi connectivity index (χ2v) is 6.91. The Balaban J connectivity index is 2.39. The molecule has 0 nitrogen and oxygen atoms in total. The van der Waals surface area contributed by atoms with Gasteiger partial charge in [0.05, 0.1) is 0 Å². The topological polar surface area (TPSA) is 0 Å². The fourth-order valence-electron chi connectivity index (χ4n) is 3.49. The summed E-state index contributed by atoms with van der Waals surface area (Å²) in [4.78, 5) is 0. The maximum atomic E-state index is 3.74. The first-order valence-electron chi connectivity index (χ1n) is 6.92. The molecule has 0 heterocycles. The van der Waals surface area contributed by atoms with Crippen molar-refractivity contribution in [3.05, 3.63) is 62.5 Å². The Morgan fingerprint density at radius 1 is 1.00 bits per heavy atom. The molecule has 0 amide bonds. The quantitative estimate of drug-likeness (QED) is 0.686. The van der Waals surface area contributed by atoms with Gasteiger partial charge in [0.2, 0.25) is 0 Å². The SMILES string of the molecule is CC1(C)C=CC=c2c1c1c(c3cccc(Br)c23)=CC=C1. The molecule has 4 rings (SSSR count). The molecule has 0 bridgehead atoms. The number of allylic oxidation sites excluding steroid dienone is 3. The Kier molecular flexibility index (Phi) is 2.41. The molecule has 2 aromatic rings. The first-order chi connectivity index (χ1) is 9.59. The smallest absolute Gasteiger partial charge is 0.0260 e. The zero-order valence-electron chi connectivity index (χ0n) is 11.6. The minimum atomic E-state index is 0.0696. The van der Waals surface area contributed by atoms with Gasteiger partial charge in [0.1, 0.15) is 0 Å². The lowest BCUT2D eigenvalue weighted by atomic mass is 9.76. The van der Waals surface area contributed by atoms with E-state index < -0.39 is 0 Å². The van der Waals surface area contributed by atoms with Crippen molar-refractivity contribution in [3.63, 3.8) is 0 Å². The van der Waals surface area contributed by atoms with Gasteiger partial charge in [0.25, 0.3) is 0 Å². The molecule has 0 aromatic heterocycles. The number of rotatable bonds is 0. The van der Waals surface area contributed by atoms with Crippen molar-refractivity contribution in [2.75, 3.05) is 0 Å². The van der Waals surface area contributed by atoms with Crippen molar-refractivity contribution in [2.45, 2.75) is 19.3 Å². The lowest BCUT2D eigenvalue weighted by Gasteiger charge is -2.27. The van der Waals surface area contributed by atoms with E-state index in [1.54, 1.807) is 0 Å². The maximum absolute atomic E-state index is 3.74. The number of halogens is 1. The van der Waals surface area contributed by atoms with Gasteiger partial charge >= 0.3 is 0 Å².